The summed E-state index contributed by atoms with van der Waals surface area (Å²) in [4.78, 5) is 22.0. The Morgan fingerprint density at radius 3 is 3.00 bits per heavy atom. The third-order valence-corrected chi connectivity index (χ3v) is 2.57. The van der Waals surface area contributed by atoms with Gasteiger partial charge in [-0.3, -0.25) is 4.57 Å². The number of carboxylic acid groups (broad SMARTS) is 1. The van der Waals surface area contributed by atoms with Crippen LogP contribution in [0.25, 0.3) is 0 Å². The molecule has 1 aromatic rings. The molecule has 1 N–H and O–H groups in total. The van der Waals surface area contributed by atoms with Crippen molar-refractivity contribution in [2.24, 2.45) is 0 Å². The molecule has 0 spiro atoms. The molecule has 0 aliphatic carbocycles. The van der Waals surface area contributed by atoms with Crippen LogP contribution in [0.3, 0.4) is 0 Å². The van der Waals surface area contributed by atoms with Crippen LogP contribution in [-0.4, -0.2) is 25.4 Å². The van der Waals surface area contributed by atoms with Crippen LogP contribution in [0.5, 0.6) is 0 Å². The predicted octanol–water partition coefficient (Wildman–Crippen LogP) is 0.0219. The minimum atomic E-state index is -1.02. The summed E-state index contributed by atoms with van der Waals surface area (Å²) in [5, 5.41) is 12.6. The van der Waals surface area contributed by atoms with Crippen molar-refractivity contribution in [1.29, 1.82) is 0 Å². The molecule has 0 aromatic carbocycles. The highest BCUT2D eigenvalue weighted by atomic mass is 16.4. The topological polar surface area (TPSA) is 77.1 Å². The van der Waals surface area contributed by atoms with E-state index < -0.39 is 5.97 Å². The first-order valence-electron chi connectivity index (χ1n) is 5.24. The molecule has 86 valence electrons. The lowest BCUT2D eigenvalue weighted by Crippen LogP contribution is -2.26. The molecule has 2 heterocycles. The van der Waals surface area contributed by atoms with E-state index in [0.717, 1.165) is 37.7 Å². The molecule has 0 fully saturated rings. The fourth-order valence-corrected chi connectivity index (χ4v) is 1.82. The van der Waals surface area contributed by atoms with E-state index in [1.54, 1.807) is 4.57 Å². The number of aromatic nitrogens is 3. The highest BCUT2D eigenvalue weighted by Crippen LogP contribution is 2.08. The molecule has 1 aromatic heterocycles. The van der Waals surface area contributed by atoms with E-state index in [-0.39, 0.29) is 12.2 Å². The van der Waals surface area contributed by atoms with Gasteiger partial charge in [0.1, 0.15) is 5.82 Å². The van der Waals surface area contributed by atoms with Crippen molar-refractivity contribution in [3.05, 3.63) is 28.5 Å². The number of hydrogen-bond acceptors (Lipinski definition) is 3. The van der Waals surface area contributed by atoms with Gasteiger partial charge in [0.25, 0.3) is 0 Å². The van der Waals surface area contributed by atoms with Crippen molar-refractivity contribution in [2.45, 2.75) is 32.4 Å². The minimum Gasteiger partial charge on any atom is -0.478 e. The monoisotopic (exact) mass is 223 g/mol. The molecule has 0 saturated carbocycles. The Balaban J connectivity index is 2.19. The normalized spacial score (nSPS) is 15.2. The van der Waals surface area contributed by atoms with E-state index in [1.807, 2.05) is 0 Å². The van der Waals surface area contributed by atoms with Crippen LogP contribution in [0.4, 0.5) is 0 Å². The van der Waals surface area contributed by atoms with Gasteiger partial charge in [-0.2, -0.15) is 5.10 Å². The number of aliphatic carboxylic acids is 1. The van der Waals surface area contributed by atoms with Crippen LogP contribution in [0, 0.1) is 0 Å². The van der Waals surface area contributed by atoms with Gasteiger partial charge in [0.2, 0.25) is 0 Å². The summed E-state index contributed by atoms with van der Waals surface area (Å²) < 4.78 is 2.97. The molecule has 0 radical (unpaired) electrons. The zero-order valence-corrected chi connectivity index (χ0v) is 8.80. The first kappa shape index (κ1) is 10.7. The summed E-state index contributed by atoms with van der Waals surface area (Å²) >= 11 is 0. The Morgan fingerprint density at radius 1 is 1.50 bits per heavy atom. The van der Waals surface area contributed by atoms with Crippen LogP contribution in [0.15, 0.2) is 16.9 Å². The van der Waals surface area contributed by atoms with Crippen molar-refractivity contribution in [3.8, 4) is 0 Å². The van der Waals surface area contributed by atoms with E-state index >= 15 is 0 Å². The maximum atomic E-state index is 11.8. The summed E-state index contributed by atoms with van der Waals surface area (Å²) in [5.41, 5.74) is -0.148. The van der Waals surface area contributed by atoms with Gasteiger partial charge >= 0.3 is 11.7 Å². The van der Waals surface area contributed by atoms with Gasteiger partial charge in [0.05, 0.1) is 6.54 Å². The Labute approximate surface area is 91.8 Å². The number of hydrogen-bond donors (Lipinski definition) is 1. The summed E-state index contributed by atoms with van der Waals surface area (Å²) in [7, 11) is 0. The number of allylic oxidation sites excluding steroid dienone is 1. The molecule has 1 aliphatic heterocycles. The fourth-order valence-electron chi connectivity index (χ4n) is 1.82. The minimum absolute atomic E-state index is 0.148. The first-order valence-corrected chi connectivity index (χ1v) is 5.24. The Kier molecular flexibility index (Phi) is 2.89. The third-order valence-electron chi connectivity index (χ3n) is 2.57. The maximum Gasteiger partial charge on any atom is 0.346 e. The van der Waals surface area contributed by atoms with Crippen molar-refractivity contribution < 1.29 is 9.90 Å². The molecule has 0 saturated heterocycles. The van der Waals surface area contributed by atoms with Crippen LogP contribution < -0.4 is 5.69 Å². The van der Waals surface area contributed by atoms with Crippen LogP contribution >= 0.6 is 0 Å². The van der Waals surface area contributed by atoms with Gasteiger partial charge in [-0.1, -0.05) is 6.08 Å². The first-order chi connectivity index (χ1) is 7.68. The maximum absolute atomic E-state index is 11.8. The van der Waals surface area contributed by atoms with Crippen molar-refractivity contribution in [1.82, 2.24) is 14.3 Å². The molecule has 6 heteroatoms. The Hall–Kier alpha value is -1.85. The molecule has 16 heavy (non-hydrogen) atoms. The number of aryl methyl sites for hydroxylation is 1. The van der Waals surface area contributed by atoms with Crippen molar-refractivity contribution in [2.75, 3.05) is 0 Å². The zero-order valence-electron chi connectivity index (χ0n) is 8.80. The second-order valence-corrected chi connectivity index (χ2v) is 3.73. The van der Waals surface area contributed by atoms with Gasteiger partial charge in [0, 0.05) is 19.0 Å². The van der Waals surface area contributed by atoms with Crippen LogP contribution in [-0.2, 0) is 24.3 Å². The van der Waals surface area contributed by atoms with Gasteiger partial charge in [-0.05, 0) is 12.8 Å². The second kappa shape index (κ2) is 4.34. The number of carboxylic acids is 1. The standard InChI is InChI=1S/C10H13N3O3/c14-9(15)5-3-7-13-10(16)12-6-2-1-4-8(12)11-13/h3,5H,1-2,4,6-7H2,(H,14,15). The number of carbonyl (C=O) groups is 1. The van der Waals surface area contributed by atoms with Crippen molar-refractivity contribution >= 4 is 5.97 Å². The SMILES string of the molecule is O=C(O)C=CCn1nc2n(c1=O)CCCC2. The second-order valence-electron chi connectivity index (χ2n) is 3.73. The quantitative estimate of drug-likeness (QED) is 0.733. The van der Waals surface area contributed by atoms with Gasteiger partial charge in [-0.25, -0.2) is 14.3 Å². The third kappa shape index (κ3) is 2.05. The summed E-state index contributed by atoms with van der Waals surface area (Å²) in [6.45, 7) is 0.932. The van der Waals surface area contributed by atoms with Gasteiger partial charge in [-0.15, -0.1) is 0 Å². The summed E-state index contributed by atoms with van der Waals surface area (Å²) in [5.74, 6) is -0.211. The molecule has 0 atom stereocenters. The van der Waals surface area contributed by atoms with E-state index in [0.29, 0.717) is 0 Å². The van der Waals surface area contributed by atoms with Gasteiger partial charge in [0.15, 0.2) is 0 Å². The van der Waals surface area contributed by atoms with E-state index in [4.69, 9.17) is 5.11 Å². The molecular weight excluding hydrogens is 210 g/mol. The highest BCUT2D eigenvalue weighted by molar-refractivity contribution is 5.79. The Morgan fingerprint density at radius 2 is 2.31 bits per heavy atom. The molecule has 2 rings (SSSR count). The highest BCUT2D eigenvalue weighted by Gasteiger charge is 2.15. The lowest BCUT2D eigenvalue weighted by atomic mass is 10.2. The van der Waals surface area contributed by atoms with Gasteiger partial charge < -0.3 is 5.11 Å². The summed E-state index contributed by atoms with van der Waals surface area (Å²) in [6.07, 6.45) is 5.32. The smallest absolute Gasteiger partial charge is 0.346 e. The number of nitrogens with zero attached hydrogens (tertiary/aromatic N) is 3. The molecular formula is C10H13N3O3. The van der Waals surface area contributed by atoms with Crippen LogP contribution in [0.2, 0.25) is 0 Å². The molecule has 1 aliphatic rings. The predicted molar refractivity (Wildman–Crippen MR) is 56.2 cm³/mol. The Bertz CT molecular complexity index is 484. The molecule has 0 bridgehead atoms. The largest absolute Gasteiger partial charge is 0.478 e. The molecule has 0 amide bonds. The van der Waals surface area contributed by atoms with Crippen molar-refractivity contribution in [3.63, 3.8) is 0 Å². The van der Waals surface area contributed by atoms with E-state index in [2.05, 4.69) is 5.10 Å². The molecule has 6 nitrogen and oxygen atoms in total. The molecule has 0 unspecified atom stereocenters. The van der Waals surface area contributed by atoms with E-state index in [1.165, 1.54) is 10.8 Å². The van der Waals surface area contributed by atoms with Crippen LogP contribution in [0.1, 0.15) is 18.7 Å². The average Bonchev–Trinajstić information content (AvgIpc) is 2.56. The fraction of sp³-hybridized carbons (Fsp3) is 0.500. The number of rotatable bonds is 3. The van der Waals surface area contributed by atoms with E-state index in [9.17, 15) is 9.59 Å². The lowest BCUT2D eigenvalue weighted by molar-refractivity contribution is -0.131. The average molecular weight is 223 g/mol. The number of fused-ring (bicyclic) bond motifs is 1. The lowest BCUT2D eigenvalue weighted by Gasteiger charge is -2.09. The summed E-state index contributed by atoms with van der Waals surface area (Å²) in [6, 6.07) is 0. The zero-order chi connectivity index (χ0) is 11.5.